The number of hydrogen-bond acceptors (Lipinski definition) is 4. The third kappa shape index (κ3) is 4.83. The maximum Gasteiger partial charge on any atom is 0.573 e. The summed E-state index contributed by atoms with van der Waals surface area (Å²) in [5.74, 6) is -6.00. The number of esters is 1. The van der Waals surface area contributed by atoms with Crippen LogP contribution in [0.1, 0.15) is 25.5 Å². The molecular formula is C13H14F5NO3. The largest absolute Gasteiger partial charge is 0.573 e. The molecule has 0 aliphatic rings. The Bertz CT molecular complexity index is 545. The summed E-state index contributed by atoms with van der Waals surface area (Å²) in [6.45, 7) is 3.49. The van der Waals surface area contributed by atoms with E-state index in [0.717, 1.165) is 6.07 Å². The van der Waals surface area contributed by atoms with E-state index in [1.807, 2.05) is 0 Å². The van der Waals surface area contributed by atoms with Gasteiger partial charge < -0.3 is 15.2 Å². The Morgan fingerprint density at radius 2 is 1.86 bits per heavy atom. The average molecular weight is 327 g/mol. The standard InChI is InChI=1S/C13H14F5NO3/c1-6(2)5-21-12(20)10(19)7-3-4-8(14)11(9(7)15)22-13(16,17)18/h3-4,6,10H,5,19H2,1-2H3. The number of benzene rings is 1. The lowest BCUT2D eigenvalue weighted by Gasteiger charge is -2.16. The normalized spacial score (nSPS) is 13.1. The van der Waals surface area contributed by atoms with Crippen LogP contribution in [-0.4, -0.2) is 18.9 Å². The molecule has 1 aromatic carbocycles. The van der Waals surface area contributed by atoms with Crippen LogP contribution in [0.2, 0.25) is 0 Å². The number of carbonyl (C=O) groups is 1. The van der Waals surface area contributed by atoms with Gasteiger partial charge >= 0.3 is 12.3 Å². The molecule has 1 atom stereocenters. The Hall–Kier alpha value is -1.90. The van der Waals surface area contributed by atoms with Crippen LogP contribution in [0.25, 0.3) is 0 Å². The number of halogens is 5. The Balaban J connectivity index is 3.05. The van der Waals surface area contributed by atoms with Crippen LogP contribution in [0.5, 0.6) is 5.75 Å². The third-order valence-corrected chi connectivity index (χ3v) is 2.44. The van der Waals surface area contributed by atoms with E-state index in [1.165, 1.54) is 0 Å². The topological polar surface area (TPSA) is 61.5 Å². The summed E-state index contributed by atoms with van der Waals surface area (Å²) in [5.41, 5.74) is 4.78. The van der Waals surface area contributed by atoms with Gasteiger partial charge in [-0.05, 0) is 12.0 Å². The zero-order valence-corrected chi connectivity index (χ0v) is 11.7. The Kier molecular flexibility index (Phi) is 5.70. The SMILES string of the molecule is CC(C)COC(=O)C(N)c1ccc(F)c(OC(F)(F)F)c1F. The monoisotopic (exact) mass is 327 g/mol. The molecule has 9 heteroatoms. The van der Waals surface area contributed by atoms with Crippen molar-refractivity contribution in [2.75, 3.05) is 6.61 Å². The fourth-order valence-corrected chi connectivity index (χ4v) is 1.46. The highest BCUT2D eigenvalue weighted by Crippen LogP contribution is 2.32. The highest BCUT2D eigenvalue weighted by atomic mass is 19.4. The summed E-state index contributed by atoms with van der Waals surface area (Å²) < 4.78 is 71.6. The van der Waals surface area contributed by atoms with E-state index < -0.39 is 41.3 Å². The van der Waals surface area contributed by atoms with Crippen LogP contribution in [0.4, 0.5) is 22.0 Å². The predicted octanol–water partition coefficient (Wildman–Crippen LogP) is 3.06. The van der Waals surface area contributed by atoms with Gasteiger partial charge in [0, 0.05) is 5.56 Å². The molecule has 0 aliphatic heterocycles. The maximum absolute atomic E-state index is 13.9. The number of ether oxygens (including phenoxy) is 2. The van der Waals surface area contributed by atoms with Crippen molar-refractivity contribution in [2.45, 2.75) is 26.3 Å². The van der Waals surface area contributed by atoms with Crippen molar-refractivity contribution in [1.82, 2.24) is 0 Å². The number of alkyl halides is 3. The molecule has 2 N–H and O–H groups in total. The number of carbonyl (C=O) groups excluding carboxylic acids is 1. The summed E-state index contributed by atoms with van der Waals surface area (Å²) in [6, 6.07) is -0.417. The van der Waals surface area contributed by atoms with Gasteiger partial charge in [-0.25, -0.2) is 13.6 Å². The van der Waals surface area contributed by atoms with Crippen LogP contribution in [0.3, 0.4) is 0 Å². The van der Waals surface area contributed by atoms with Crippen LogP contribution >= 0.6 is 0 Å². The lowest BCUT2D eigenvalue weighted by Crippen LogP contribution is -2.27. The summed E-state index contributed by atoms with van der Waals surface area (Å²) in [6.07, 6.45) is -5.29. The molecule has 0 radical (unpaired) electrons. The van der Waals surface area contributed by atoms with Crippen molar-refractivity contribution in [3.8, 4) is 5.75 Å². The van der Waals surface area contributed by atoms with E-state index in [2.05, 4.69) is 4.74 Å². The Labute approximate surface area is 123 Å². The van der Waals surface area contributed by atoms with Gasteiger partial charge in [0.1, 0.15) is 6.04 Å². The molecule has 22 heavy (non-hydrogen) atoms. The summed E-state index contributed by atoms with van der Waals surface area (Å²) in [4.78, 5) is 11.6. The van der Waals surface area contributed by atoms with Crippen molar-refractivity contribution >= 4 is 5.97 Å². The predicted molar refractivity (Wildman–Crippen MR) is 65.8 cm³/mol. The van der Waals surface area contributed by atoms with E-state index in [1.54, 1.807) is 13.8 Å². The Morgan fingerprint density at radius 1 is 1.27 bits per heavy atom. The summed E-state index contributed by atoms with van der Waals surface area (Å²) in [7, 11) is 0. The van der Waals surface area contributed by atoms with Gasteiger partial charge in [-0.2, -0.15) is 0 Å². The van der Waals surface area contributed by atoms with E-state index in [9.17, 15) is 26.7 Å². The molecule has 0 amide bonds. The quantitative estimate of drug-likeness (QED) is 0.667. The van der Waals surface area contributed by atoms with Crippen LogP contribution in [-0.2, 0) is 9.53 Å². The average Bonchev–Trinajstić information content (AvgIpc) is 2.39. The number of rotatable bonds is 5. The summed E-state index contributed by atoms with van der Waals surface area (Å²) in [5, 5.41) is 0. The molecule has 0 heterocycles. The molecule has 124 valence electrons. The van der Waals surface area contributed by atoms with Crippen LogP contribution in [0, 0.1) is 17.6 Å². The molecule has 4 nitrogen and oxygen atoms in total. The van der Waals surface area contributed by atoms with Crippen molar-refractivity contribution in [3.05, 3.63) is 29.3 Å². The molecule has 0 fully saturated rings. The van der Waals surface area contributed by atoms with E-state index >= 15 is 0 Å². The second-order valence-electron chi connectivity index (χ2n) is 4.83. The van der Waals surface area contributed by atoms with Crippen molar-refractivity contribution < 1.29 is 36.2 Å². The second kappa shape index (κ2) is 6.91. The van der Waals surface area contributed by atoms with Gasteiger partial charge in [0.2, 0.25) is 5.75 Å². The summed E-state index contributed by atoms with van der Waals surface area (Å²) >= 11 is 0. The highest BCUT2D eigenvalue weighted by molar-refractivity contribution is 5.77. The van der Waals surface area contributed by atoms with Crippen LogP contribution in [0.15, 0.2) is 12.1 Å². The first-order valence-electron chi connectivity index (χ1n) is 6.18. The van der Waals surface area contributed by atoms with Gasteiger partial charge in [-0.15, -0.1) is 13.2 Å². The zero-order valence-electron chi connectivity index (χ0n) is 11.7. The number of hydrogen-bond donors (Lipinski definition) is 1. The zero-order chi connectivity index (χ0) is 17.1. The lowest BCUT2D eigenvalue weighted by molar-refractivity contribution is -0.276. The van der Waals surface area contributed by atoms with Gasteiger partial charge in [-0.3, -0.25) is 0 Å². The maximum atomic E-state index is 13.9. The lowest BCUT2D eigenvalue weighted by atomic mass is 10.1. The second-order valence-corrected chi connectivity index (χ2v) is 4.83. The molecule has 1 aromatic rings. The van der Waals surface area contributed by atoms with Gasteiger partial charge in [0.25, 0.3) is 0 Å². The minimum Gasteiger partial charge on any atom is -0.464 e. The molecule has 0 aliphatic carbocycles. The van der Waals surface area contributed by atoms with E-state index in [0.29, 0.717) is 6.07 Å². The van der Waals surface area contributed by atoms with Crippen molar-refractivity contribution in [1.29, 1.82) is 0 Å². The van der Waals surface area contributed by atoms with Crippen molar-refractivity contribution in [3.63, 3.8) is 0 Å². The first kappa shape index (κ1) is 18.1. The van der Waals surface area contributed by atoms with E-state index in [4.69, 9.17) is 10.5 Å². The van der Waals surface area contributed by atoms with Gasteiger partial charge in [0.05, 0.1) is 6.61 Å². The first-order chi connectivity index (χ1) is 10.0. The molecule has 1 rings (SSSR count). The number of nitrogens with two attached hydrogens (primary N) is 1. The molecular weight excluding hydrogens is 313 g/mol. The minimum atomic E-state index is -5.29. The molecule has 0 spiro atoms. The minimum absolute atomic E-state index is 0.00125. The van der Waals surface area contributed by atoms with Crippen LogP contribution < -0.4 is 10.5 Å². The van der Waals surface area contributed by atoms with Crippen molar-refractivity contribution in [2.24, 2.45) is 11.7 Å². The molecule has 0 saturated carbocycles. The molecule has 1 unspecified atom stereocenters. The fraction of sp³-hybridized carbons (Fsp3) is 0.462. The van der Waals surface area contributed by atoms with Gasteiger partial charge in [0.15, 0.2) is 11.6 Å². The first-order valence-corrected chi connectivity index (χ1v) is 6.18. The third-order valence-electron chi connectivity index (χ3n) is 2.44. The molecule has 0 bridgehead atoms. The highest BCUT2D eigenvalue weighted by Gasteiger charge is 2.35. The smallest absolute Gasteiger partial charge is 0.464 e. The molecule has 0 saturated heterocycles. The Morgan fingerprint density at radius 3 is 2.36 bits per heavy atom. The fourth-order valence-electron chi connectivity index (χ4n) is 1.46. The van der Waals surface area contributed by atoms with Gasteiger partial charge in [-0.1, -0.05) is 19.9 Å². The van der Waals surface area contributed by atoms with E-state index in [-0.39, 0.29) is 12.5 Å². The molecule has 0 aromatic heterocycles.